The number of carboxylic acids is 1. The van der Waals surface area contributed by atoms with E-state index in [-0.39, 0.29) is 19.6 Å². The summed E-state index contributed by atoms with van der Waals surface area (Å²) in [7, 11) is 0. The summed E-state index contributed by atoms with van der Waals surface area (Å²) in [5, 5.41) is 19.0. The van der Waals surface area contributed by atoms with Crippen LogP contribution in [0.3, 0.4) is 0 Å². The van der Waals surface area contributed by atoms with Gasteiger partial charge in [0, 0.05) is 6.54 Å². The van der Waals surface area contributed by atoms with Crippen molar-refractivity contribution in [2.24, 2.45) is 0 Å². The molecule has 0 aromatic heterocycles. The minimum Gasteiger partial charge on any atom is -0.481 e. The van der Waals surface area contributed by atoms with Gasteiger partial charge in [0.1, 0.15) is 0 Å². The maximum atomic E-state index is 10.3. The summed E-state index contributed by atoms with van der Waals surface area (Å²) in [6, 6.07) is 0. The quantitative estimate of drug-likeness (QED) is 0.132. The van der Waals surface area contributed by atoms with Crippen molar-refractivity contribution < 1.29 is 57.7 Å². The van der Waals surface area contributed by atoms with Crippen LogP contribution < -0.4 is 5.32 Å². The number of rotatable bonds is 27. The first kappa shape index (κ1) is 31.4. The first-order chi connectivity index (χ1) is 16.1. The third kappa shape index (κ3) is 30.4. The van der Waals surface area contributed by atoms with Crippen LogP contribution in [0, 0.1) is 0 Å². The molecule has 0 aliphatic rings. The fourth-order valence-corrected chi connectivity index (χ4v) is 2.03. The summed E-state index contributed by atoms with van der Waals surface area (Å²) in [6.45, 7) is 6.95. The van der Waals surface area contributed by atoms with E-state index < -0.39 is 12.1 Å². The second-order valence-corrected chi connectivity index (χ2v) is 6.27. The number of carbonyl (C=O) groups is 2. The summed E-state index contributed by atoms with van der Waals surface area (Å²) >= 11 is 0. The van der Waals surface area contributed by atoms with Gasteiger partial charge in [0.05, 0.1) is 112 Å². The minimum atomic E-state index is -1.07. The van der Waals surface area contributed by atoms with Crippen LogP contribution in [-0.4, -0.2) is 135 Å². The van der Waals surface area contributed by atoms with Crippen LogP contribution in [0.1, 0.15) is 6.42 Å². The monoisotopic (exact) mass is 485 g/mol. The molecule has 0 saturated heterocycles. The van der Waals surface area contributed by atoms with Crippen LogP contribution in [0.2, 0.25) is 0 Å². The Morgan fingerprint density at radius 3 is 1.00 bits per heavy atom. The van der Waals surface area contributed by atoms with Crippen molar-refractivity contribution in [1.82, 2.24) is 5.32 Å². The average molecular weight is 486 g/mol. The van der Waals surface area contributed by atoms with E-state index in [0.29, 0.717) is 99.1 Å². The lowest BCUT2D eigenvalue weighted by Crippen LogP contribution is -2.25. The Labute approximate surface area is 194 Å². The number of hydrogen-bond acceptors (Lipinski definition) is 10. The van der Waals surface area contributed by atoms with Gasteiger partial charge in [-0.1, -0.05) is 0 Å². The number of nitrogens with one attached hydrogen (secondary N) is 1. The summed E-state index contributed by atoms with van der Waals surface area (Å²) < 4.78 is 42.3. The third-order valence-electron chi connectivity index (χ3n) is 3.59. The van der Waals surface area contributed by atoms with Crippen molar-refractivity contribution >= 4 is 12.1 Å². The van der Waals surface area contributed by atoms with Crippen molar-refractivity contribution in [3.63, 3.8) is 0 Å². The van der Waals surface area contributed by atoms with Crippen molar-refractivity contribution in [2.45, 2.75) is 6.42 Å². The number of aliphatic carboxylic acids is 1. The average Bonchev–Trinajstić information content (AvgIpc) is 2.78. The molecule has 0 aliphatic carbocycles. The second-order valence-electron chi connectivity index (χ2n) is 6.27. The Kier molecular flexibility index (Phi) is 25.4. The zero-order chi connectivity index (χ0) is 24.2. The van der Waals surface area contributed by atoms with Crippen molar-refractivity contribution in [3.8, 4) is 0 Å². The molecule has 13 heteroatoms. The molecule has 196 valence electrons. The van der Waals surface area contributed by atoms with Crippen LogP contribution in [0.4, 0.5) is 4.79 Å². The molecule has 0 bridgehead atoms. The Balaban J connectivity index is 3.02. The molecule has 13 nitrogen and oxygen atoms in total. The normalized spacial score (nSPS) is 11.0. The van der Waals surface area contributed by atoms with Gasteiger partial charge in [0.2, 0.25) is 0 Å². The topological polar surface area (TPSA) is 160 Å². The molecule has 0 aromatic rings. The van der Waals surface area contributed by atoms with E-state index in [1.165, 1.54) is 0 Å². The molecule has 0 aliphatic heterocycles. The Bertz CT molecular complexity index is 403. The maximum Gasteiger partial charge on any atom is 0.404 e. The summed E-state index contributed by atoms with van der Waals surface area (Å²) in [5.74, 6) is -0.879. The SMILES string of the molecule is O=C(O)CCOCCOCCOCCOCCOCCOCCOCCOCCNC(=O)O. The van der Waals surface area contributed by atoms with E-state index in [1.54, 1.807) is 0 Å². The van der Waals surface area contributed by atoms with Crippen LogP contribution >= 0.6 is 0 Å². The van der Waals surface area contributed by atoms with Crippen LogP contribution in [0.5, 0.6) is 0 Å². The molecule has 0 fully saturated rings. The fourth-order valence-electron chi connectivity index (χ4n) is 2.03. The highest BCUT2D eigenvalue weighted by Gasteiger charge is 1.97. The molecule has 0 radical (unpaired) electrons. The van der Waals surface area contributed by atoms with E-state index >= 15 is 0 Å². The molecule has 0 aromatic carbocycles. The standard InChI is InChI=1S/C20H39NO12/c22-19(23)1-3-26-5-7-28-9-11-30-13-15-32-17-18-33-16-14-31-12-10-29-8-6-27-4-2-21-20(24)25/h21H,1-18H2,(H,22,23)(H,24,25). The van der Waals surface area contributed by atoms with Crippen LogP contribution in [0.25, 0.3) is 0 Å². The van der Waals surface area contributed by atoms with E-state index in [2.05, 4.69) is 5.32 Å². The van der Waals surface area contributed by atoms with Gasteiger partial charge < -0.3 is 53.4 Å². The van der Waals surface area contributed by atoms with Crippen molar-refractivity contribution in [3.05, 3.63) is 0 Å². The van der Waals surface area contributed by atoms with Gasteiger partial charge >= 0.3 is 12.1 Å². The summed E-state index contributed by atoms with van der Waals surface area (Å²) in [4.78, 5) is 20.5. The smallest absolute Gasteiger partial charge is 0.404 e. The third-order valence-corrected chi connectivity index (χ3v) is 3.59. The molecule has 0 saturated carbocycles. The highest BCUT2D eigenvalue weighted by Crippen LogP contribution is 1.86. The second kappa shape index (κ2) is 26.7. The highest BCUT2D eigenvalue weighted by atomic mass is 16.6. The predicted molar refractivity (Wildman–Crippen MR) is 115 cm³/mol. The van der Waals surface area contributed by atoms with Gasteiger partial charge in [0.25, 0.3) is 0 Å². The molecule has 3 N–H and O–H groups in total. The van der Waals surface area contributed by atoms with Crippen molar-refractivity contribution in [2.75, 3.05) is 112 Å². The first-order valence-corrected chi connectivity index (χ1v) is 10.9. The van der Waals surface area contributed by atoms with Gasteiger partial charge in [0.15, 0.2) is 0 Å². The lowest BCUT2D eigenvalue weighted by Gasteiger charge is -2.08. The van der Waals surface area contributed by atoms with Crippen molar-refractivity contribution in [1.29, 1.82) is 0 Å². The van der Waals surface area contributed by atoms with E-state index in [0.717, 1.165) is 0 Å². The lowest BCUT2D eigenvalue weighted by atomic mass is 10.5. The largest absolute Gasteiger partial charge is 0.481 e. The number of hydrogen-bond donors (Lipinski definition) is 3. The molecule has 1 amide bonds. The first-order valence-electron chi connectivity index (χ1n) is 10.9. The van der Waals surface area contributed by atoms with Crippen LogP contribution in [-0.2, 0) is 42.7 Å². The fraction of sp³-hybridized carbons (Fsp3) is 0.900. The van der Waals surface area contributed by atoms with Gasteiger partial charge in [-0.2, -0.15) is 0 Å². The predicted octanol–water partition coefficient (Wildman–Crippen LogP) is -0.138. The van der Waals surface area contributed by atoms with E-state index in [4.69, 9.17) is 48.1 Å². The van der Waals surface area contributed by atoms with Gasteiger partial charge in [-0.15, -0.1) is 0 Å². The molecular formula is C20H39NO12. The lowest BCUT2D eigenvalue weighted by molar-refractivity contribution is -0.138. The Morgan fingerprint density at radius 2 is 0.727 bits per heavy atom. The molecule has 0 atom stereocenters. The number of amides is 1. The summed E-state index contributed by atoms with van der Waals surface area (Å²) in [6.07, 6.45) is -1.07. The minimum absolute atomic E-state index is 0.00568. The Morgan fingerprint density at radius 1 is 0.455 bits per heavy atom. The number of ether oxygens (including phenoxy) is 8. The maximum absolute atomic E-state index is 10.3. The summed E-state index contributed by atoms with van der Waals surface area (Å²) in [5.41, 5.74) is 0. The number of carboxylic acid groups (broad SMARTS) is 2. The van der Waals surface area contributed by atoms with Gasteiger partial charge in [-0.3, -0.25) is 4.79 Å². The van der Waals surface area contributed by atoms with E-state index in [1.807, 2.05) is 0 Å². The zero-order valence-corrected chi connectivity index (χ0v) is 19.2. The van der Waals surface area contributed by atoms with E-state index in [9.17, 15) is 9.59 Å². The van der Waals surface area contributed by atoms with Gasteiger partial charge in [-0.25, -0.2) is 4.79 Å². The zero-order valence-electron chi connectivity index (χ0n) is 19.2. The molecule has 0 unspecified atom stereocenters. The highest BCUT2D eigenvalue weighted by molar-refractivity contribution is 5.66. The molecular weight excluding hydrogens is 446 g/mol. The molecule has 33 heavy (non-hydrogen) atoms. The molecule has 0 spiro atoms. The Hall–Kier alpha value is -1.58. The molecule has 0 rings (SSSR count). The molecule has 0 heterocycles. The van der Waals surface area contributed by atoms with Crippen LogP contribution in [0.15, 0.2) is 0 Å². The van der Waals surface area contributed by atoms with Gasteiger partial charge in [-0.05, 0) is 0 Å².